The number of hydrogen-bond donors (Lipinski definition) is 0. The first-order valence-corrected chi connectivity index (χ1v) is 8.04. The van der Waals surface area contributed by atoms with E-state index in [2.05, 4.69) is 83.9 Å². The van der Waals surface area contributed by atoms with Crippen molar-refractivity contribution in [3.05, 3.63) is 90.5 Å². The number of aryl methyl sites for hydroxylation is 2. The molecule has 0 aliphatic heterocycles. The zero-order chi connectivity index (χ0) is 15.6. The van der Waals surface area contributed by atoms with Gasteiger partial charge >= 0.3 is 0 Å². The van der Waals surface area contributed by atoms with E-state index in [1.54, 1.807) is 0 Å². The van der Waals surface area contributed by atoms with Gasteiger partial charge in [-0.25, -0.2) is 0 Å². The van der Waals surface area contributed by atoms with Gasteiger partial charge in [0.25, 0.3) is 0 Å². The van der Waals surface area contributed by atoms with Crippen LogP contribution in [0.5, 0.6) is 0 Å². The predicted octanol–water partition coefficient (Wildman–Crippen LogP) is 5.68. The molecule has 0 spiro atoms. The summed E-state index contributed by atoms with van der Waals surface area (Å²) < 4.78 is 2.44. The average Bonchev–Trinajstić information content (AvgIpc) is 2.94. The van der Waals surface area contributed by atoms with Crippen molar-refractivity contribution < 1.29 is 0 Å². The Morgan fingerprint density at radius 3 is 1.87 bits per heavy atom. The lowest BCUT2D eigenvalue weighted by molar-refractivity contribution is 0.745. The second-order valence-corrected chi connectivity index (χ2v) is 5.88. The summed E-state index contributed by atoms with van der Waals surface area (Å²) in [4.78, 5) is 0. The van der Waals surface area contributed by atoms with E-state index in [1.165, 1.54) is 32.9 Å². The minimum absolute atomic E-state index is 0.988. The van der Waals surface area contributed by atoms with E-state index in [4.69, 9.17) is 0 Å². The Morgan fingerprint density at radius 2 is 1.30 bits per heavy atom. The van der Waals surface area contributed by atoms with Gasteiger partial charge in [-0.15, -0.1) is 0 Å². The zero-order valence-electron chi connectivity index (χ0n) is 13.1. The summed E-state index contributed by atoms with van der Waals surface area (Å²) in [6, 6.07) is 26.0. The van der Waals surface area contributed by atoms with Crippen molar-refractivity contribution in [3.8, 4) is 0 Å². The molecule has 0 N–H and O–H groups in total. The summed E-state index contributed by atoms with van der Waals surface area (Å²) in [6.07, 6.45) is 2.91. The highest BCUT2D eigenvalue weighted by Gasteiger charge is 2.09. The number of fused-ring (bicyclic) bond motifs is 3. The van der Waals surface area contributed by atoms with E-state index in [1.807, 2.05) is 6.08 Å². The van der Waals surface area contributed by atoms with E-state index in [-0.39, 0.29) is 0 Å². The lowest BCUT2D eigenvalue weighted by Crippen LogP contribution is -2.01. The van der Waals surface area contributed by atoms with Crippen LogP contribution in [-0.4, -0.2) is 4.57 Å². The van der Waals surface area contributed by atoms with E-state index in [0.717, 1.165) is 13.0 Å². The SMILES string of the molecule is C=Cc1ccc(CCn2c3ccccc3c3ccccc32)cc1. The molecule has 4 rings (SSSR count). The molecule has 0 saturated carbocycles. The number of nitrogens with zero attached hydrogens (tertiary/aromatic N) is 1. The lowest BCUT2D eigenvalue weighted by Gasteiger charge is -2.08. The molecule has 0 amide bonds. The third-order valence-corrected chi connectivity index (χ3v) is 4.52. The number of rotatable bonds is 4. The lowest BCUT2D eigenvalue weighted by atomic mass is 10.1. The van der Waals surface area contributed by atoms with Crippen LogP contribution in [-0.2, 0) is 13.0 Å². The first-order valence-electron chi connectivity index (χ1n) is 8.04. The number of aromatic nitrogens is 1. The maximum Gasteiger partial charge on any atom is 0.0491 e. The minimum atomic E-state index is 0.988. The quantitative estimate of drug-likeness (QED) is 0.456. The molecule has 112 valence electrons. The molecule has 0 bridgehead atoms. The fraction of sp³-hybridized carbons (Fsp3) is 0.0909. The van der Waals surface area contributed by atoms with Gasteiger partial charge in [-0.3, -0.25) is 0 Å². The standard InChI is InChI=1S/C22H19N/c1-2-17-11-13-18(14-12-17)15-16-23-21-9-5-3-7-19(21)20-8-4-6-10-22(20)23/h2-14H,1,15-16H2. The van der Waals surface area contributed by atoms with Gasteiger partial charge in [0.1, 0.15) is 0 Å². The van der Waals surface area contributed by atoms with E-state index in [9.17, 15) is 0 Å². The average molecular weight is 297 g/mol. The maximum absolute atomic E-state index is 3.81. The van der Waals surface area contributed by atoms with Gasteiger partial charge in [0.2, 0.25) is 0 Å². The van der Waals surface area contributed by atoms with Crippen LogP contribution in [0.1, 0.15) is 11.1 Å². The van der Waals surface area contributed by atoms with Crippen molar-refractivity contribution in [2.45, 2.75) is 13.0 Å². The highest BCUT2D eigenvalue weighted by molar-refractivity contribution is 6.07. The number of hydrogen-bond acceptors (Lipinski definition) is 0. The fourth-order valence-electron chi connectivity index (χ4n) is 3.31. The summed E-state index contributed by atoms with van der Waals surface area (Å²) >= 11 is 0. The molecule has 1 heteroatoms. The van der Waals surface area contributed by atoms with Gasteiger partial charge in [-0.1, -0.05) is 73.3 Å². The van der Waals surface area contributed by atoms with Crippen molar-refractivity contribution in [3.63, 3.8) is 0 Å². The van der Waals surface area contributed by atoms with Crippen LogP contribution >= 0.6 is 0 Å². The molecule has 0 radical (unpaired) electrons. The molecule has 0 fully saturated rings. The summed E-state index contributed by atoms with van der Waals surface area (Å²) in [5, 5.41) is 2.68. The van der Waals surface area contributed by atoms with Crippen molar-refractivity contribution in [1.29, 1.82) is 0 Å². The Hall–Kier alpha value is -2.80. The molecule has 0 aliphatic rings. The van der Waals surface area contributed by atoms with Crippen LogP contribution < -0.4 is 0 Å². The third-order valence-electron chi connectivity index (χ3n) is 4.52. The van der Waals surface area contributed by atoms with E-state index in [0.29, 0.717) is 0 Å². The minimum Gasteiger partial charge on any atom is -0.340 e. The topological polar surface area (TPSA) is 4.93 Å². The summed E-state index contributed by atoms with van der Waals surface area (Å²) in [5.41, 5.74) is 5.16. The smallest absolute Gasteiger partial charge is 0.0491 e. The van der Waals surface area contributed by atoms with Gasteiger partial charge in [0, 0.05) is 28.4 Å². The molecule has 3 aromatic carbocycles. The van der Waals surface area contributed by atoms with Crippen LogP contribution in [0.25, 0.3) is 27.9 Å². The Labute approximate surface area is 136 Å². The molecule has 1 aromatic heterocycles. The molecule has 0 atom stereocenters. The Balaban J connectivity index is 1.73. The van der Waals surface area contributed by atoms with Crippen LogP contribution in [0.15, 0.2) is 79.4 Å². The van der Waals surface area contributed by atoms with Gasteiger partial charge in [-0.05, 0) is 29.7 Å². The fourth-order valence-corrected chi connectivity index (χ4v) is 3.31. The van der Waals surface area contributed by atoms with E-state index < -0.39 is 0 Å². The Bertz CT molecular complexity index is 921. The molecule has 0 aliphatic carbocycles. The van der Waals surface area contributed by atoms with Crippen molar-refractivity contribution in [1.82, 2.24) is 4.57 Å². The molecule has 1 nitrogen and oxygen atoms in total. The van der Waals surface area contributed by atoms with Crippen LogP contribution in [0.2, 0.25) is 0 Å². The number of para-hydroxylation sites is 2. The van der Waals surface area contributed by atoms with Crippen LogP contribution in [0.4, 0.5) is 0 Å². The molecule has 0 saturated heterocycles. The van der Waals surface area contributed by atoms with Crippen molar-refractivity contribution in [2.24, 2.45) is 0 Å². The predicted molar refractivity (Wildman–Crippen MR) is 99.7 cm³/mol. The second-order valence-electron chi connectivity index (χ2n) is 5.88. The van der Waals surface area contributed by atoms with Crippen molar-refractivity contribution >= 4 is 27.9 Å². The van der Waals surface area contributed by atoms with Crippen molar-refractivity contribution in [2.75, 3.05) is 0 Å². The van der Waals surface area contributed by atoms with Gasteiger partial charge in [0.05, 0.1) is 0 Å². The molecule has 4 aromatic rings. The molecular formula is C22H19N. The summed E-state index contributed by atoms with van der Waals surface area (Å²) in [5.74, 6) is 0. The normalized spacial score (nSPS) is 11.1. The monoisotopic (exact) mass is 297 g/mol. The largest absolute Gasteiger partial charge is 0.340 e. The zero-order valence-corrected chi connectivity index (χ0v) is 13.1. The third kappa shape index (κ3) is 2.44. The highest BCUT2D eigenvalue weighted by atomic mass is 15.0. The second kappa shape index (κ2) is 5.77. The van der Waals surface area contributed by atoms with Crippen LogP contribution in [0, 0.1) is 0 Å². The number of benzene rings is 3. The molecule has 1 heterocycles. The molecule has 0 unspecified atom stereocenters. The highest BCUT2D eigenvalue weighted by Crippen LogP contribution is 2.28. The summed E-state index contributed by atoms with van der Waals surface area (Å²) in [7, 11) is 0. The first-order chi connectivity index (χ1) is 11.4. The van der Waals surface area contributed by atoms with E-state index >= 15 is 0 Å². The molecule has 23 heavy (non-hydrogen) atoms. The van der Waals surface area contributed by atoms with Gasteiger partial charge in [0.15, 0.2) is 0 Å². The maximum atomic E-state index is 3.81. The summed E-state index contributed by atoms with van der Waals surface area (Å²) in [6.45, 7) is 4.80. The van der Waals surface area contributed by atoms with Crippen LogP contribution in [0.3, 0.4) is 0 Å². The first kappa shape index (κ1) is 13.8. The molecular weight excluding hydrogens is 278 g/mol. The van der Waals surface area contributed by atoms with Gasteiger partial charge in [-0.2, -0.15) is 0 Å². The Morgan fingerprint density at radius 1 is 0.739 bits per heavy atom. The Kier molecular flexibility index (Phi) is 3.47. The van der Waals surface area contributed by atoms with Gasteiger partial charge < -0.3 is 4.57 Å².